The highest BCUT2D eigenvalue weighted by Crippen LogP contribution is 2.50. The van der Waals surface area contributed by atoms with Gasteiger partial charge in [-0.25, -0.2) is 0 Å². The van der Waals surface area contributed by atoms with Gasteiger partial charge in [0.2, 0.25) is 11.7 Å². The largest absolute Gasteiger partial charge is 0.493 e. The Hall–Kier alpha value is -2.71. The van der Waals surface area contributed by atoms with Crippen molar-refractivity contribution in [1.82, 2.24) is 5.32 Å². The minimum Gasteiger partial charge on any atom is -0.493 e. The molecular formula is C23H24ClNO6S. The normalized spacial score (nSPS) is 14.5. The second kappa shape index (κ2) is 10.3. The molecule has 0 saturated heterocycles. The molecule has 32 heavy (non-hydrogen) atoms. The van der Waals surface area contributed by atoms with E-state index in [1.54, 1.807) is 18.2 Å². The SMILES string of the molecule is COc1cc2c(c(OC)c1OC(=O)CCl)-c1ccc(SC)c(=O)cc1C(NC(C)=O)CC2. The quantitative estimate of drug-likeness (QED) is 0.293. The van der Waals surface area contributed by atoms with E-state index in [0.717, 1.165) is 5.56 Å². The molecule has 1 N–H and O–H groups in total. The van der Waals surface area contributed by atoms with Crippen LogP contribution in [0.4, 0.5) is 0 Å². The van der Waals surface area contributed by atoms with Crippen molar-refractivity contribution in [3.63, 3.8) is 0 Å². The number of thioether (sulfide) groups is 1. The van der Waals surface area contributed by atoms with Crippen LogP contribution in [0.5, 0.6) is 17.2 Å². The number of ether oxygens (including phenoxy) is 3. The van der Waals surface area contributed by atoms with Gasteiger partial charge in [-0.3, -0.25) is 14.4 Å². The first-order valence-corrected chi connectivity index (χ1v) is 11.6. The zero-order valence-corrected chi connectivity index (χ0v) is 19.8. The molecule has 0 aliphatic heterocycles. The van der Waals surface area contributed by atoms with Crippen LogP contribution in [0.2, 0.25) is 0 Å². The Kier molecular flexibility index (Phi) is 7.69. The zero-order chi connectivity index (χ0) is 23.4. The Morgan fingerprint density at radius 3 is 2.53 bits per heavy atom. The fourth-order valence-corrected chi connectivity index (χ4v) is 4.43. The van der Waals surface area contributed by atoms with Gasteiger partial charge in [-0.1, -0.05) is 6.07 Å². The number of esters is 1. The maximum absolute atomic E-state index is 12.8. The maximum atomic E-state index is 12.8. The van der Waals surface area contributed by atoms with Gasteiger partial charge >= 0.3 is 5.97 Å². The fraction of sp³-hybridized carbons (Fsp3) is 0.348. The molecule has 3 rings (SSSR count). The lowest BCUT2D eigenvalue weighted by Crippen LogP contribution is -2.26. The predicted octanol–water partition coefficient (Wildman–Crippen LogP) is 3.72. The lowest BCUT2D eigenvalue weighted by Gasteiger charge is -2.20. The lowest BCUT2D eigenvalue weighted by molar-refractivity contribution is -0.131. The number of rotatable bonds is 6. The Morgan fingerprint density at radius 1 is 1.19 bits per heavy atom. The summed E-state index contributed by atoms with van der Waals surface area (Å²) in [4.78, 5) is 37.3. The molecule has 0 bridgehead atoms. The van der Waals surface area contributed by atoms with E-state index in [1.807, 2.05) is 12.3 Å². The third-order valence-electron chi connectivity index (χ3n) is 5.22. The Balaban J connectivity index is 2.40. The van der Waals surface area contributed by atoms with E-state index >= 15 is 0 Å². The molecule has 2 aromatic rings. The van der Waals surface area contributed by atoms with Gasteiger partial charge in [0.05, 0.1) is 25.2 Å². The first-order valence-electron chi connectivity index (χ1n) is 9.88. The van der Waals surface area contributed by atoms with Crippen molar-refractivity contribution in [3.8, 4) is 28.4 Å². The van der Waals surface area contributed by atoms with E-state index in [9.17, 15) is 14.4 Å². The van der Waals surface area contributed by atoms with Crippen LogP contribution in [-0.2, 0) is 16.0 Å². The average molecular weight is 478 g/mol. The number of methoxy groups -OCH3 is 2. The molecule has 170 valence electrons. The van der Waals surface area contributed by atoms with Crippen LogP contribution in [0, 0.1) is 0 Å². The number of amides is 1. The van der Waals surface area contributed by atoms with Crippen LogP contribution < -0.4 is 25.0 Å². The molecule has 0 saturated carbocycles. The van der Waals surface area contributed by atoms with Gasteiger partial charge in [0, 0.05) is 12.5 Å². The summed E-state index contributed by atoms with van der Waals surface area (Å²) < 4.78 is 16.6. The summed E-state index contributed by atoms with van der Waals surface area (Å²) in [5, 5.41) is 2.95. The van der Waals surface area contributed by atoms with Gasteiger partial charge < -0.3 is 19.5 Å². The zero-order valence-electron chi connectivity index (χ0n) is 18.2. The fourth-order valence-electron chi connectivity index (χ4n) is 3.91. The van der Waals surface area contributed by atoms with E-state index < -0.39 is 5.97 Å². The first-order chi connectivity index (χ1) is 15.3. The van der Waals surface area contributed by atoms with Crippen LogP contribution >= 0.6 is 23.4 Å². The highest BCUT2D eigenvalue weighted by atomic mass is 35.5. The molecule has 1 amide bonds. The van der Waals surface area contributed by atoms with Crippen molar-refractivity contribution in [1.29, 1.82) is 0 Å². The van der Waals surface area contributed by atoms with Crippen molar-refractivity contribution >= 4 is 35.2 Å². The minimum atomic E-state index is -0.654. The average Bonchev–Trinajstić information content (AvgIpc) is 3.01. The molecule has 0 fully saturated rings. The lowest BCUT2D eigenvalue weighted by atomic mass is 9.95. The Morgan fingerprint density at radius 2 is 1.94 bits per heavy atom. The smallest absolute Gasteiger partial charge is 0.326 e. The minimum absolute atomic E-state index is 0.113. The standard InChI is InChI=1S/C23H24ClNO6S/c1-12(26)25-16-7-5-13-9-18(29-2)22(31-20(28)11-24)23(30-3)21(13)14-6-8-19(32-4)17(27)10-15(14)16/h6,8-10,16H,5,7,11H2,1-4H3,(H,25,26). The van der Waals surface area contributed by atoms with E-state index in [4.69, 9.17) is 25.8 Å². The summed E-state index contributed by atoms with van der Waals surface area (Å²) in [6.07, 6.45) is 2.96. The van der Waals surface area contributed by atoms with Crippen molar-refractivity contribution in [3.05, 3.63) is 45.6 Å². The molecule has 9 heteroatoms. The van der Waals surface area contributed by atoms with E-state index in [-0.39, 0.29) is 29.0 Å². The van der Waals surface area contributed by atoms with Crippen LogP contribution in [0.1, 0.15) is 30.5 Å². The maximum Gasteiger partial charge on any atom is 0.326 e. The number of benzene rings is 1. The number of fused-ring (bicyclic) bond motifs is 3. The van der Waals surface area contributed by atoms with Gasteiger partial charge in [0.1, 0.15) is 5.88 Å². The number of aryl methyl sites for hydroxylation is 1. The molecule has 1 unspecified atom stereocenters. The van der Waals surface area contributed by atoms with E-state index in [1.165, 1.54) is 32.9 Å². The Bertz CT molecular complexity index is 1120. The second-order valence-corrected chi connectivity index (χ2v) is 8.27. The summed E-state index contributed by atoms with van der Waals surface area (Å²) in [6, 6.07) is 6.55. The molecule has 1 aliphatic carbocycles. The van der Waals surface area contributed by atoms with Crippen LogP contribution in [-0.4, -0.2) is 38.2 Å². The predicted molar refractivity (Wildman–Crippen MR) is 124 cm³/mol. The topological polar surface area (TPSA) is 90.9 Å². The molecule has 7 nitrogen and oxygen atoms in total. The van der Waals surface area contributed by atoms with Gasteiger partial charge in [-0.05, 0) is 54.0 Å². The summed E-state index contributed by atoms with van der Waals surface area (Å²) >= 11 is 6.99. The van der Waals surface area contributed by atoms with E-state index in [0.29, 0.717) is 45.9 Å². The van der Waals surface area contributed by atoms with Gasteiger partial charge in [0.25, 0.3) is 0 Å². The van der Waals surface area contributed by atoms with Gasteiger partial charge in [-0.2, -0.15) is 0 Å². The molecule has 1 aliphatic rings. The van der Waals surface area contributed by atoms with Crippen LogP contribution in [0.25, 0.3) is 11.1 Å². The van der Waals surface area contributed by atoms with Crippen molar-refractivity contribution in [2.45, 2.75) is 30.7 Å². The van der Waals surface area contributed by atoms with Crippen LogP contribution in [0.3, 0.4) is 0 Å². The van der Waals surface area contributed by atoms with Crippen molar-refractivity contribution in [2.75, 3.05) is 26.4 Å². The van der Waals surface area contributed by atoms with Crippen LogP contribution in [0.15, 0.2) is 34.0 Å². The highest BCUT2D eigenvalue weighted by Gasteiger charge is 2.30. The van der Waals surface area contributed by atoms with Gasteiger partial charge in [-0.15, -0.1) is 23.4 Å². The number of hydrogen-bond acceptors (Lipinski definition) is 7. The van der Waals surface area contributed by atoms with E-state index in [2.05, 4.69) is 5.32 Å². The number of nitrogens with one attached hydrogen (secondary N) is 1. The molecule has 0 heterocycles. The number of carbonyl (C=O) groups excluding carboxylic acids is 2. The highest BCUT2D eigenvalue weighted by molar-refractivity contribution is 7.98. The summed E-state index contributed by atoms with van der Waals surface area (Å²) in [5.41, 5.74) is 2.79. The van der Waals surface area contributed by atoms with Crippen molar-refractivity contribution < 1.29 is 23.8 Å². The summed E-state index contributed by atoms with van der Waals surface area (Å²) in [7, 11) is 2.94. The molecule has 1 atom stereocenters. The first kappa shape index (κ1) is 23.9. The number of halogens is 1. The number of carbonyl (C=O) groups is 2. The molecule has 0 spiro atoms. The van der Waals surface area contributed by atoms with Gasteiger partial charge in [0.15, 0.2) is 16.9 Å². The van der Waals surface area contributed by atoms with Crippen molar-refractivity contribution in [2.24, 2.45) is 0 Å². The molecular weight excluding hydrogens is 454 g/mol. The third kappa shape index (κ3) is 4.71. The number of alkyl halides is 1. The molecule has 0 aromatic heterocycles. The molecule has 0 radical (unpaired) electrons. The number of hydrogen-bond donors (Lipinski definition) is 1. The second-order valence-electron chi connectivity index (χ2n) is 7.15. The Labute approximate surface area is 195 Å². The third-order valence-corrected chi connectivity index (χ3v) is 6.21. The molecule has 2 aromatic carbocycles. The monoisotopic (exact) mass is 477 g/mol. The summed E-state index contributed by atoms with van der Waals surface area (Å²) in [5.74, 6) is -0.450. The summed E-state index contributed by atoms with van der Waals surface area (Å²) in [6.45, 7) is 1.44.